The first kappa shape index (κ1) is 14.5. The van der Waals surface area contributed by atoms with Crippen LogP contribution in [0.5, 0.6) is 0 Å². The van der Waals surface area contributed by atoms with Gasteiger partial charge in [-0.1, -0.05) is 0 Å². The lowest BCUT2D eigenvalue weighted by Gasteiger charge is -2.15. The van der Waals surface area contributed by atoms with Gasteiger partial charge in [0, 0.05) is 31.5 Å². The number of nitrogens with one attached hydrogen (secondary N) is 1. The number of nitrogens with zero attached hydrogens (tertiary/aromatic N) is 1. The monoisotopic (exact) mass is 308 g/mol. The molecule has 2 aliphatic rings. The first-order chi connectivity index (χ1) is 10.2. The first-order valence-electron chi connectivity index (χ1n) is 7.32. The predicted molar refractivity (Wildman–Crippen MR) is 81.1 cm³/mol. The van der Waals surface area contributed by atoms with Crippen molar-refractivity contribution in [2.24, 2.45) is 5.92 Å². The van der Waals surface area contributed by atoms with Crippen molar-refractivity contribution in [1.29, 1.82) is 0 Å². The van der Waals surface area contributed by atoms with Gasteiger partial charge >= 0.3 is 0 Å². The van der Waals surface area contributed by atoms with Crippen LogP contribution < -0.4 is 5.32 Å². The van der Waals surface area contributed by atoms with E-state index in [4.69, 9.17) is 4.42 Å². The Morgan fingerprint density at radius 1 is 1.48 bits per heavy atom. The minimum atomic E-state index is -0.195. The number of carbonyl (C=O) groups excluding carboxylic acids is 2. The predicted octanol–water partition coefficient (Wildman–Crippen LogP) is 1.88. The number of rotatable bonds is 6. The Labute approximate surface area is 128 Å². The molecule has 5 nitrogen and oxygen atoms in total. The standard InChI is InChI=1S/C15H20N2O3S/c1-21-9-12-4-5-13(20-12)15(19)16-7-10-6-14(18)17(8-10)11-2-3-11/h4-5,10-11H,2-3,6-9H2,1H3,(H,16,19). The van der Waals surface area contributed by atoms with Gasteiger partial charge < -0.3 is 14.6 Å². The number of furan rings is 1. The molecule has 1 aliphatic carbocycles. The third kappa shape index (κ3) is 3.43. The molecule has 114 valence electrons. The van der Waals surface area contributed by atoms with Crippen molar-refractivity contribution in [2.75, 3.05) is 19.3 Å². The number of likely N-dealkylation sites (tertiary alicyclic amines) is 1. The molecule has 0 radical (unpaired) electrons. The molecule has 1 aromatic rings. The lowest BCUT2D eigenvalue weighted by atomic mass is 10.1. The van der Waals surface area contributed by atoms with Gasteiger partial charge in [-0.3, -0.25) is 9.59 Å². The third-order valence-corrected chi connectivity index (χ3v) is 4.52. The Balaban J connectivity index is 1.48. The molecule has 1 N–H and O–H groups in total. The van der Waals surface area contributed by atoms with Gasteiger partial charge in [0.2, 0.25) is 5.91 Å². The Kier molecular flexibility index (Phi) is 4.24. The van der Waals surface area contributed by atoms with Crippen LogP contribution in [-0.4, -0.2) is 42.1 Å². The van der Waals surface area contributed by atoms with E-state index in [9.17, 15) is 9.59 Å². The van der Waals surface area contributed by atoms with Gasteiger partial charge in [-0.2, -0.15) is 11.8 Å². The fraction of sp³-hybridized carbons (Fsp3) is 0.600. The van der Waals surface area contributed by atoms with E-state index in [-0.39, 0.29) is 17.7 Å². The molecule has 3 rings (SSSR count). The van der Waals surface area contributed by atoms with Crippen LogP contribution in [0.15, 0.2) is 16.5 Å². The molecular formula is C15H20N2O3S. The zero-order valence-electron chi connectivity index (χ0n) is 12.1. The fourth-order valence-electron chi connectivity index (χ4n) is 2.73. The first-order valence-corrected chi connectivity index (χ1v) is 8.72. The van der Waals surface area contributed by atoms with Crippen LogP contribution in [0.3, 0.4) is 0 Å². The van der Waals surface area contributed by atoms with Crippen LogP contribution in [-0.2, 0) is 10.5 Å². The van der Waals surface area contributed by atoms with Gasteiger partial charge in [0.15, 0.2) is 5.76 Å². The minimum Gasteiger partial charge on any atom is -0.455 e. The van der Waals surface area contributed by atoms with Crippen molar-refractivity contribution in [2.45, 2.75) is 31.1 Å². The Morgan fingerprint density at radius 3 is 3.00 bits per heavy atom. The van der Waals surface area contributed by atoms with E-state index in [1.54, 1.807) is 17.8 Å². The maximum Gasteiger partial charge on any atom is 0.287 e. The average molecular weight is 308 g/mol. The van der Waals surface area contributed by atoms with Crippen LogP contribution in [0.4, 0.5) is 0 Å². The molecule has 0 aromatic carbocycles. The fourth-order valence-corrected chi connectivity index (χ4v) is 3.17. The summed E-state index contributed by atoms with van der Waals surface area (Å²) in [6.07, 6.45) is 4.81. The second kappa shape index (κ2) is 6.13. The number of carbonyl (C=O) groups is 2. The van der Waals surface area contributed by atoms with E-state index in [0.717, 1.165) is 30.9 Å². The highest BCUT2D eigenvalue weighted by atomic mass is 32.2. The number of amides is 2. The van der Waals surface area contributed by atoms with E-state index in [1.165, 1.54) is 0 Å². The summed E-state index contributed by atoms with van der Waals surface area (Å²) in [6, 6.07) is 4.01. The molecule has 0 bridgehead atoms. The SMILES string of the molecule is CSCc1ccc(C(=O)NCC2CC(=O)N(C3CC3)C2)o1. The second-order valence-corrected chi connectivity index (χ2v) is 6.62. The number of hydrogen-bond donors (Lipinski definition) is 1. The highest BCUT2D eigenvalue weighted by Gasteiger charge is 2.39. The molecule has 1 unspecified atom stereocenters. The Bertz CT molecular complexity index is 539. The van der Waals surface area contributed by atoms with Gasteiger partial charge in [-0.05, 0) is 31.2 Å². The minimum absolute atomic E-state index is 0.195. The molecule has 1 saturated carbocycles. The van der Waals surface area contributed by atoms with E-state index in [2.05, 4.69) is 5.32 Å². The van der Waals surface area contributed by atoms with E-state index < -0.39 is 0 Å². The smallest absolute Gasteiger partial charge is 0.287 e. The summed E-state index contributed by atoms with van der Waals surface area (Å²) in [4.78, 5) is 25.8. The molecule has 1 aromatic heterocycles. The highest BCUT2D eigenvalue weighted by molar-refractivity contribution is 7.97. The van der Waals surface area contributed by atoms with Crippen LogP contribution in [0.1, 0.15) is 35.6 Å². The second-order valence-electron chi connectivity index (χ2n) is 5.76. The number of thioether (sulfide) groups is 1. The summed E-state index contributed by atoms with van der Waals surface area (Å²) in [7, 11) is 0. The summed E-state index contributed by atoms with van der Waals surface area (Å²) >= 11 is 1.65. The zero-order chi connectivity index (χ0) is 14.8. The van der Waals surface area contributed by atoms with Crippen molar-refractivity contribution < 1.29 is 14.0 Å². The summed E-state index contributed by atoms with van der Waals surface area (Å²) in [6.45, 7) is 1.31. The van der Waals surface area contributed by atoms with Crippen LogP contribution in [0.25, 0.3) is 0 Å². The van der Waals surface area contributed by atoms with Gasteiger partial charge in [0.25, 0.3) is 5.91 Å². The summed E-state index contributed by atoms with van der Waals surface area (Å²) in [5.74, 6) is 2.19. The average Bonchev–Trinajstić information content (AvgIpc) is 3.08. The largest absolute Gasteiger partial charge is 0.455 e. The normalized spacial score (nSPS) is 21.9. The van der Waals surface area contributed by atoms with E-state index in [0.29, 0.717) is 24.8 Å². The van der Waals surface area contributed by atoms with Crippen LogP contribution in [0, 0.1) is 5.92 Å². The van der Waals surface area contributed by atoms with Crippen LogP contribution in [0.2, 0.25) is 0 Å². The highest BCUT2D eigenvalue weighted by Crippen LogP contribution is 2.32. The number of hydrogen-bond acceptors (Lipinski definition) is 4. The quantitative estimate of drug-likeness (QED) is 0.871. The van der Waals surface area contributed by atoms with Gasteiger partial charge in [0.1, 0.15) is 5.76 Å². The third-order valence-electron chi connectivity index (χ3n) is 3.95. The molecule has 2 heterocycles. The molecule has 0 spiro atoms. The van der Waals surface area contributed by atoms with Gasteiger partial charge in [-0.15, -0.1) is 0 Å². The van der Waals surface area contributed by atoms with E-state index >= 15 is 0 Å². The molecule has 2 fully saturated rings. The zero-order valence-corrected chi connectivity index (χ0v) is 12.9. The molecule has 6 heteroatoms. The molecule has 21 heavy (non-hydrogen) atoms. The maximum absolute atomic E-state index is 12.0. The maximum atomic E-state index is 12.0. The van der Waals surface area contributed by atoms with Crippen molar-refractivity contribution in [1.82, 2.24) is 10.2 Å². The van der Waals surface area contributed by atoms with Crippen molar-refractivity contribution in [3.63, 3.8) is 0 Å². The summed E-state index contributed by atoms with van der Waals surface area (Å²) in [5.41, 5.74) is 0. The molecule has 2 amide bonds. The molecular weight excluding hydrogens is 288 g/mol. The molecule has 1 saturated heterocycles. The Hall–Kier alpha value is -1.43. The van der Waals surface area contributed by atoms with Crippen molar-refractivity contribution in [3.8, 4) is 0 Å². The van der Waals surface area contributed by atoms with Gasteiger partial charge in [-0.25, -0.2) is 0 Å². The van der Waals surface area contributed by atoms with Crippen molar-refractivity contribution in [3.05, 3.63) is 23.7 Å². The van der Waals surface area contributed by atoms with Crippen LogP contribution >= 0.6 is 11.8 Å². The lowest BCUT2D eigenvalue weighted by molar-refractivity contribution is -0.128. The summed E-state index contributed by atoms with van der Waals surface area (Å²) in [5, 5.41) is 2.88. The van der Waals surface area contributed by atoms with E-state index in [1.807, 2.05) is 17.2 Å². The summed E-state index contributed by atoms with van der Waals surface area (Å²) < 4.78 is 5.48. The molecule has 1 atom stereocenters. The Morgan fingerprint density at radius 2 is 2.29 bits per heavy atom. The topological polar surface area (TPSA) is 62.6 Å². The molecule has 1 aliphatic heterocycles. The lowest BCUT2D eigenvalue weighted by Crippen LogP contribution is -2.31. The van der Waals surface area contributed by atoms with Crippen molar-refractivity contribution >= 4 is 23.6 Å². The van der Waals surface area contributed by atoms with Gasteiger partial charge in [0.05, 0.1) is 5.75 Å².